The van der Waals surface area contributed by atoms with Gasteiger partial charge in [0.25, 0.3) is 0 Å². The number of benzene rings is 1. The van der Waals surface area contributed by atoms with E-state index in [1.54, 1.807) is 17.8 Å². The molecule has 1 saturated heterocycles. The summed E-state index contributed by atoms with van der Waals surface area (Å²) in [5.41, 5.74) is 0.746. The molecule has 0 amide bonds. The Balaban J connectivity index is 2.27. The Kier molecular flexibility index (Phi) is 5.65. The summed E-state index contributed by atoms with van der Waals surface area (Å²) < 4.78 is 40.8. The molecule has 1 aromatic rings. The summed E-state index contributed by atoms with van der Waals surface area (Å²) in [5, 5.41) is 3.09. The highest BCUT2D eigenvalue weighted by Gasteiger charge is 2.33. The van der Waals surface area contributed by atoms with Gasteiger partial charge in [-0.15, -0.1) is 0 Å². The van der Waals surface area contributed by atoms with Crippen molar-refractivity contribution in [3.63, 3.8) is 0 Å². The Morgan fingerprint density at radius 2 is 2.24 bits per heavy atom. The summed E-state index contributed by atoms with van der Waals surface area (Å²) in [6.45, 7) is 5.58. The highest BCUT2D eigenvalue weighted by Crippen LogP contribution is 2.26. The molecule has 1 atom stereocenters. The van der Waals surface area contributed by atoms with Crippen molar-refractivity contribution >= 4 is 21.8 Å². The van der Waals surface area contributed by atoms with Gasteiger partial charge in [-0.05, 0) is 31.2 Å². The first-order chi connectivity index (χ1) is 9.96. The van der Waals surface area contributed by atoms with Crippen LogP contribution in [0.5, 0.6) is 0 Å². The molecule has 0 saturated carbocycles. The van der Waals surface area contributed by atoms with Crippen molar-refractivity contribution < 1.29 is 12.8 Å². The standard InChI is InChI=1S/C14H21FN2O2S2/c1-3-16-9-12-4-5-14(13(15)8-12)21(18,19)17-6-7-20-10-11(17)2/h4-5,8,11,16H,3,6-7,9-10H2,1-2H3. The Bertz CT molecular complexity index is 593. The number of thioether (sulfide) groups is 1. The maximum absolute atomic E-state index is 14.2. The van der Waals surface area contributed by atoms with E-state index in [1.165, 1.54) is 16.4 Å². The van der Waals surface area contributed by atoms with Crippen LogP contribution in [-0.4, -0.2) is 43.4 Å². The van der Waals surface area contributed by atoms with Gasteiger partial charge in [-0.1, -0.05) is 13.0 Å². The van der Waals surface area contributed by atoms with E-state index in [0.717, 1.165) is 23.6 Å². The second-order valence-corrected chi connectivity index (χ2v) is 8.09. The molecule has 7 heteroatoms. The maximum Gasteiger partial charge on any atom is 0.246 e. The van der Waals surface area contributed by atoms with E-state index in [2.05, 4.69) is 5.32 Å². The molecule has 1 aromatic carbocycles. The van der Waals surface area contributed by atoms with E-state index < -0.39 is 15.8 Å². The van der Waals surface area contributed by atoms with Crippen LogP contribution < -0.4 is 5.32 Å². The van der Waals surface area contributed by atoms with Gasteiger partial charge in [0.15, 0.2) is 0 Å². The van der Waals surface area contributed by atoms with E-state index in [0.29, 0.717) is 13.1 Å². The average Bonchev–Trinajstić information content (AvgIpc) is 2.45. The van der Waals surface area contributed by atoms with Crippen LogP contribution >= 0.6 is 11.8 Å². The van der Waals surface area contributed by atoms with E-state index >= 15 is 0 Å². The van der Waals surface area contributed by atoms with E-state index in [9.17, 15) is 12.8 Å². The number of hydrogen-bond acceptors (Lipinski definition) is 4. The van der Waals surface area contributed by atoms with E-state index in [-0.39, 0.29) is 10.9 Å². The largest absolute Gasteiger partial charge is 0.313 e. The smallest absolute Gasteiger partial charge is 0.246 e. The number of nitrogens with one attached hydrogen (secondary N) is 1. The highest BCUT2D eigenvalue weighted by molar-refractivity contribution is 7.99. The van der Waals surface area contributed by atoms with Gasteiger partial charge in [-0.3, -0.25) is 0 Å². The molecule has 21 heavy (non-hydrogen) atoms. The average molecular weight is 332 g/mol. The summed E-state index contributed by atoms with van der Waals surface area (Å²) in [6.07, 6.45) is 0. The number of hydrogen-bond donors (Lipinski definition) is 1. The van der Waals surface area contributed by atoms with Gasteiger partial charge in [0, 0.05) is 30.6 Å². The Labute approximate surface area is 130 Å². The van der Waals surface area contributed by atoms with Crippen molar-refractivity contribution in [3.8, 4) is 0 Å². The third kappa shape index (κ3) is 3.77. The molecule has 1 heterocycles. The van der Waals surface area contributed by atoms with Crippen LogP contribution in [0.25, 0.3) is 0 Å². The van der Waals surface area contributed by atoms with Gasteiger partial charge in [0.2, 0.25) is 10.0 Å². The molecule has 1 aliphatic heterocycles. The van der Waals surface area contributed by atoms with Gasteiger partial charge in [-0.25, -0.2) is 12.8 Å². The van der Waals surface area contributed by atoms with Crippen LogP contribution in [0.4, 0.5) is 4.39 Å². The quantitative estimate of drug-likeness (QED) is 0.897. The predicted octanol–water partition coefficient (Wildman–Crippen LogP) is 2.06. The molecule has 1 fully saturated rings. The summed E-state index contributed by atoms with van der Waals surface area (Å²) in [6, 6.07) is 4.25. The lowest BCUT2D eigenvalue weighted by molar-refractivity contribution is 0.365. The summed E-state index contributed by atoms with van der Waals surface area (Å²) in [4.78, 5) is -0.221. The first-order valence-electron chi connectivity index (χ1n) is 7.05. The maximum atomic E-state index is 14.2. The molecule has 0 spiro atoms. The molecule has 0 bridgehead atoms. The number of sulfonamides is 1. The third-order valence-electron chi connectivity index (χ3n) is 3.47. The lowest BCUT2D eigenvalue weighted by atomic mass is 10.2. The second kappa shape index (κ2) is 7.09. The Morgan fingerprint density at radius 1 is 1.48 bits per heavy atom. The molecule has 1 unspecified atom stereocenters. The van der Waals surface area contributed by atoms with Gasteiger partial charge in [0.05, 0.1) is 0 Å². The predicted molar refractivity (Wildman–Crippen MR) is 84.5 cm³/mol. The number of halogens is 1. The zero-order valence-corrected chi connectivity index (χ0v) is 13.9. The van der Waals surface area contributed by atoms with Gasteiger partial charge >= 0.3 is 0 Å². The third-order valence-corrected chi connectivity index (χ3v) is 6.70. The fourth-order valence-corrected chi connectivity index (χ4v) is 5.23. The highest BCUT2D eigenvalue weighted by atomic mass is 32.2. The zero-order chi connectivity index (χ0) is 15.5. The van der Waals surface area contributed by atoms with E-state index in [1.807, 2.05) is 13.8 Å². The molecule has 0 radical (unpaired) electrons. The van der Waals surface area contributed by atoms with Crippen molar-refractivity contribution in [3.05, 3.63) is 29.6 Å². The SMILES string of the molecule is CCNCc1ccc(S(=O)(=O)N2CCSCC2C)c(F)c1. The minimum Gasteiger partial charge on any atom is -0.313 e. The minimum absolute atomic E-state index is 0.102. The summed E-state index contributed by atoms with van der Waals surface area (Å²) in [5.74, 6) is 0.832. The monoisotopic (exact) mass is 332 g/mol. The molecular formula is C14H21FN2O2S2. The van der Waals surface area contributed by atoms with Crippen LogP contribution in [0.3, 0.4) is 0 Å². The van der Waals surface area contributed by atoms with Crippen molar-refractivity contribution in [2.75, 3.05) is 24.6 Å². The van der Waals surface area contributed by atoms with Crippen LogP contribution in [0.1, 0.15) is 19.4 Å². The van der Waals surface area contributed by atoms with E-state index in [4.69, 9.17) is 0 Å². The molecule has 0 aliphatic carbocycles. The van der Waals surface area contributed by atoms with Crippen molar-refractivity contribution in [2.24, 2.45) is 0 Å². The number of nitrogens with zero attached hydrogens (tertiary/aromatic N) is 1. The van der Waals surface area contributed by atoms with Crippen molar-refractivity contribution in [1.82, 2.24) is 9.62 Å². The topological polar surface area (TPSA) is 49.4 Å². The molecular weight excluding hydrogens is 311 g/mol. The zero-order valence-electron chi connectivity index (χ0n) is 12.3. The fourth-order valence-electron chi connectivity index (χ4n) is 2.33. The van der Waals surface area contributed by atoms with Gasteiger partial charge in [0.1, 0.15) is 10.7 Å². The first kappa shape index (κ1) is 16.7. The van der Waals surface area contributed by atoms with Gasteiger partial charge < -0.3 is 5.32 Å². The Hall–Kier alpha value is -0.630. The fraction of sp³-hybridized carbons (Fsp3) is 0.571. The number of rotatable bonds is 5. The molecule has 2 rings (SSSR count). The molecule has 118 valence electrons. The summed E-state index contributed by atoms with van der Waals surface area (Å²) in [7, 11) is -3.75. The minimum atomic E-state index is -3.75. The van der Waals surface area contributed by atoms with Crippen molar-refractivity contribution in [2.45, 2.75) is 31.3 Å². The lowest BCUT2D eigenvalue weighted by Crippen LogP contribution is -2.44. The summed E-state index contributed by atoms with van der Waals surface area (Å²) >= 11 is 1.73. The normalized spacial score (nSPS) is 20.6. The molecule has 1 N–H and O–H groups in total. The lowest BCUT2D eigenvalue weighted by Gasteiger charge is -2.32. The van der Waals surface area contributed by atoms with Crippen LogP contribution in [0, 0.1) is 5.82 Å². The first-order valence-corrected chi connectivity index (χ1v) is 9.65. The second-order valence-electron chi connectivity index (χ2n) is 5.08. The van der Waals surface area contributed by atoms with Crippen LogP contribution in [0.2, 0.25) is 0 Å². The van der Waals surface area contributed by atoms with Crippen LogP contribution in [0.15, 0.2) is 23.1 Å². The Morgan fingerprint density at radius 3 is 2.86 bits per heavy atom. The van der Waals surface area contributed by atoms with Gasteiger partial charge in [-0.2, -0.15) is 16.1 Å². The van der Waals surface area contributed by atoms with Crippen LogP contribution in [-0.2, 0) is 16.6 Å². The molecule has 4 nitrogen and oxygen atoms in total. The van der Waals surface area contributed by atoms with Crippen molar-refractivity contribution in [1.29, 1.82) is 0 Å². The molecule has 0 aromatic heterocycles. The molecule has 1 aliphatic rings.